The number of hydrogen-bond acceptors (Lipinski definition) is 3. The molecule has 0 spiro atoms. The number of aryl methyl sites for hydroxylation is 2. The van der Waals surface area contributed by atoms with E-state index in [-0.39, 0.29) is 0 Å². The minimum absolute atomic E-state index is 0.395. The van der Waals surface area contributed by atoms with Crippen LogP contribution in [-0.4, -0.2) is 12.1 Å². The number of ether oxygens (including phenoxy) is 1. The highest BCUT2D eigenvalue weighted by molar-refractivity contribution is 5.12. The van der Waals surface area contributed by atoms with Gasteiger partial charge >= 0.3 is 6.08 Å². The molecule has 0 aliphatic rings. The van der Waals surface area contributed by atoms with Crippen molar-refractivity contribution in [1.82, 2.24) is 4.98 Å². The van der Waals surface area contributed by atoms with E-state index in [9.17, 15) is 0 Å². The van der Waals surface area contributed by atoms with Crippen LogP contribution in [0.4, 0.5) is 0 Å². The highest BCUT2D eigenvalue weighted by Gasteiger charge is 2.11. The molecule has 0 N–H and O–H groups in total. The van der Waals surface area contributed by atoms with Gasteiger partial charge in [0.2, 0.25) is 0 Å². The maximum absolute atomic E-state index is 5.42. The van der Waals surface area contributed by atoms with Crippen molar-refractivity contribution in [3.8, 4) is 6.08 Å². The molecule has 3 heteroatoms. The number of hydrogen-bond donors (Lipinski definition) is 0. The summed E-state index contributed by atoms with van der Waals surface area (Å²) in [4.78, 5) is 4.25. The minimum Gasteiger partial charge on any atom is -0.454 e. The summed E-state index contributed by atoms with van der Waals surface area (Å²) in [5, 5.41) is 0. The molecule has 1 aromatic heterocycles. The first-order valence-electron chi connectivity index (χ1n) is 4.84. The number of methoxy groups -OCH3 is 1. The Hall–Kier alpha value is -0.990. The largest absolute Gasteiger partial charge is 0.454 e. The molecule has 0 aliphatic carbocycles. The molecule has 0 amide bonds. The van der Waals surface area contributed by atoms with Gasteiger partial charge in [-0.3, -0.25) is 0 Å². The first-order valence-corrected chi connectivity index (χ1v) is 4.84. The van der Waals surface area contributed by atoms with Gasteiger partial charge in [0.15, 0.2) is 0 Å². The minimum atomic E-state index is 0.395. The molecule has 0 unspecified atom stereocenters. The molecular weight excluding hydrogens is 166 g/mol. The third-order valence-corrected chi connectivity index (χ3v) is 1.90. The molecule has 0 radical (unpaired) electrons. The van der Waals surface area contributed by atoms with Crippen LogP contribution in [0.25, 0.3) is 0 Å². The smallest absolute Gasteiger partial charge is 0.393 e. The average molecular weight is 183 g/mol. The Morgan fingerprint density at radius 2 is 1.92 bits per heavy atom. The maximum atomic E-state index is 5.42. The Morgan fingerprint density at radius 1 is 1.23 bits per heavy atom. The van der Waals surface area contributed by atoms with Crippen LogP contribution < -0.4 is 4.74 Å². The first kappa shape index (κ1) is 10.1. The number of nitrogens with zero attached hydrogens (tertiary/aromatic N) is 1. The summed E-state index contributed by atoms with van der Waals surface area (Å²) < 4.78 is 10.4. The van der Waals surface area contributed by atoms with Gasteiger partial charge in [0.25, 0.3) is 0 Å². The van der Waals surface area contributed by atoms with Crippen molar-refractivity contribution in [2.24, 2.45) is 0 Å². The van der Waals surface area contributed by atoms with E-state index in [1.807, 2.05) is 0 Å². The summed E-state index contributed by atoms with van der Waals surface area (Å²) >= 11 is 0. The molecule has 1 rings (SSSR count). The zero-order chi connectivity index (χ0) is 9.68. The molecule has 13 heavy (non-hydrogen) atoms. The Bertz CT molecular complexity index is 232. The maximum Gasteiger partial charge on any atom is 0.393 e. The van der Waals surface area contributed by atoms with Crippen LogP contribution in [0.5, 0.6) is 6.08 Å². The second-order valence-electron chi connectivity index (χ2n) is 3.05. The van der Waals surface area contributed by atoms with Crippen molar-refractivity contribution in [3.05, 3.63) is 11.5 Å². The summed E-state index contributed by atoms with van der Waals surface area (Å²) in [6, 6.07) is 0. The van der Waals surface area contributed by atoms with Crippen LogP contribution in [0.15, 0.2) is 4.42 Å². The lowest BCUT2D eigenvalue weighted by Crippen LogP contribution is -1.90. The molecule has 0 saturated heterocycles. The van der Waals surface area contributed by atoms with Crippen LogP contribution in [0.2, 0.25) is 0 Å². The van der Waals surface area contributed by atoms with E-state index < -0.39 is 0 Å². The van der Waals surface area contributed by atoms with Crippen LogP contribution in [0.1, 0.15) is 38.1 Å². The molecular formula is C10H17NO2. The first-order chi connectivity index (χ1) is 6.31. The van der Waals surface area contributed by atoms with Crippen LogP contribution in [-0.2, 0) is 12.8 Å². The molecule has 0 atom stereocenters. The number of oxazole rings is 1. The van der Waals surface area contributed by atoms with E-state index in [0.29, 0.717) is 6.08 Å². The van der Waals surface area contributed by atoms with Gasteiger partial charge < -0.3 is 9.15 Å². The Kier molecular flexibility index (Phi) is 3.80. The molecule has 1 aromatic rings. The van der Waals surface area contributed by atoms with Gasteiger partial charge in [-0.25, -0.2) is 0 Å². The van der Waals surface area contributed by atoms with E-state index in [4.69, 9.17) is 9.15 Å². The monoisotopic (exact) mass is 183 g/mol. The van der Waals surface area contributed by atoms with Gasteiger partial charge in [-0.15, -0.1) is 0 Å². The van der Waals surface area contributed by atoms with E-state index in [1.54, 1.807) is 7.11 Å². The SMILES string of the molecule is CCCc1nc(OC)oc1CCC. The summed E-state index contributed by atoms with van der Waals surface area (Å²) in [5.41, 5.74) is 1.06. The quantitative estimate of drug-likeness (QED) is 0.703. The van der Waals surface area contributed by atoms with Crippen molar-refractivity contribution in [3.63, 3.8) is 0 Å². The molecule has 0 fully saturated rings. The lowest BCUT2D eigenvalue weighted by molar-refractivity contribution is 0.280. The summed E-state index contributed by atoms with van der Waals surface area (Å²) in [6.45, 7) is 4.27. The fraction of sp³-hybridized carbons (Fsp3) is 0.700. The molecule has 0 aromatic carbocycles. The Labute approximate surface area is 79.1 Å². The predicted octanol–water partition coefficient (Wildman–Crippen LogP) is 2.59. The van der Waals surface area contributed by atoms with Crippen molar-refractivity contribution < 1.29 is 9.15 Å². The molecule has 0 aliphatic heterocycles. The van der Waals surface area contributed by atoms with Crippen molar-refractivity contribution >= 4 is 0 Å². The second kappa shape index (κ2) is 4.90. The number of aromatic nitrogens is 1. The van der Waals surface area contributed by atoms with E-state index >= 15 is 0 Å². The lowest BCUT2D eigenvalue weighted by Gasteiger charge is -1.94. The van der Waals surface area contributed by atoms with E-state index in [1.165, 1.54) is 0 Å². The number of rotatable bonds is 5. The highest BCUT2D eigenvalue weighted by Crippen LogP contribution is 2.19. The molecule has 1 heterocycles. The van der Waals surface area contributed by atoms with Crippen LogP contribution >= 0.6 is 0 Å². The van der Waals surface area contributed by atoms with E-state index in [0.717, 1.165) is 37.1 Å². The average Bonchev–Trinajstić information content (AvgIpc) is 2.50. The van der Waals surface area contributed by atoms with Crippen LogP contribution in [0, 0.1) is 0 Å². The highest BCUT2D eigenvalue weighted by atomic mass is 16.6. The molecule has 3 nitrogen and oxygen atoms in total. The topological polar surface area (TPSA) is 35.3 Å². The van der Waals surface area contributed by atoms with Crippen molar-refractivity contribution in [1.29, 1.82) is 0 Å². The standard InChI is InChI=1S/C10H17NO2/c1-4-6-8-9(7-5-2)13-10(11-8)12-3/h4-7H2,1-3H3. The zero-order valence-electron chi connectivity index (χ0n) is 8.59. The van der Waals surface area contributed by atoms with Gasteiger partial charge in [-0.05, 0) is 12.8 Å². The molecule has 74 valence electrons. The third kappa shape index (κ3) is 2.47. The molecule has 0 bridgehead atoms. The molecule has 0 saturated carbocycles. The summed E-state index contributed by atoms with van der Waals surface area (Å²) in [7, 11) is 1.58. The lowest BCUT2D eigenvalue weighted by atomic mass is 10.1. The van der Waals surface area contributed by atoms with Crippen LogP contribution in [0.3, 0.4) is 0 Å². The zero-order valence-corrected chi connectivity index (χ0v) is 8.59. The van der Waals surface area contributed by atoms with Gasteiger partial charge in [-0.1, -0.05) is 20.3 Å². The van der Waals surface area contributed by atoms with Gasteiger partial charge in [0.1, 0.15) is 5.76 Å². The fourth-order valence-electron chi connectivity index (χ4n) is 1.30. The predicted molar refractivity (Wildman–Crippen MR) is 51.0 cm³/mol. The normalized spacial score (nSPS) is 10.4. The summed E-state index contributed by atoms with van der Waals surface area (Å²) in [6.07, 6.45) is 4.49. The van der Waals surface area contributed by atoms with E-state index in [2.05, 4.69) is 18.8 Å². The van der Waals surface area contributed by atoms with Crippen molar-refractivity contribution in [2.45, 2.75) is 39.5 Å². The third-order valence-electron chi connectivity index (χ3n) is 1.90. The van der Waals surface area contributed by atoms with Gasteiger partial charge in [0.05, 0.1) is 12.8 Å². The summed E-state index contributed by atoms with van der Waals surface area (Å²) in [5.74, 6) is 0.987. The van der Waals surface area contributed by atoms with Gasteiger partial charge in [-0.2, -0.15) is 4.98 Å². The Morgan fingerprint density at radius 3 is 2.46 bits per heavy atom. The van der Waals surface area contributed by atoms with Gasteiger partial charge in [0, 0.05) is 6.42 Å². The fourth-order valence-corrected chi connectivity index (χ4v) is 1.30. The van der Waals surface area contributed by atoms with Crippen molar-refractivity contribution in [2.75, 3.05) is 7.11 Å². The second-order valence-corrected chi connectivity index (χ2v) is 3.05. The Balaban J connectivity index is 2.79.